The number of anilines is 1. The number of rotatable bonds is 7. The summed E-state index contributed by atoms with van der Waals surface area (Å²) >= 11 is 0. The molecule has 1 rings (SSSR count). The molecular formula is C17H26N2O3. The van der Waals surface area contributed by atoms with Gasteiger partial charge in [0, 0.05) is 18.7 Å². The normalized spacial score (nSPS) is 11.9. The second kappa shape index (κ2) is 8.41. The van der Waals surface area contributed by atoms with Gasteiger partial charge in [-0.05, 0) is 51.5 Å². The van der Waals surface area contributed by atoms with Crippen LogP contribution in [0.15, 0.2) is 24.3 Å². The Kier molecular flexibility index (Phi) is 6.89. The molecule has 2 amide bonds. The van der Waals surface area contributed by atoms with E-state index in [4.69, 9.17) is 4.74 Å². The second-order valence-corrected chi connectivity index (χ2v) is 5.64. The standard InChI is InChI=1S/C17H26N2O3/c1-6-13(4)19(14(5)20)11-17(21)18-15-7-9-16(10-8-15)22-12(2)3/h7-10,12-13H,6,11H2,1-5H3,(H,18,21). The maximum absolute atomic E-state index is 12.1. The Morgan fingerprint density at radius 1 is 1.18 bits per heavy atom. The number of hydrogen-bond donors (Lipinski definition) is 1. The molecule has 1 atom stereocenters. The molecule has 0 fully saturated rings. The fraction of sp³-hybridized carbons (Fsp3) is 0.529. The fourth-order valence-corrected chi connectivity index (χ4v) is 2.04. The van der Waals surface area contributed by atoms with Crippen molar-refractivity contribution in [2.75, 3.05) is 11.9 Å². The average molecular weight is 306 g/mol. The number of nitrogens with zero attached hydrogens (tertiary/aromatic N) is 1. The summed E-state index contributed by atoms with van der Waals surface area (Å²) in [5, 5.41) is 2.80. The van der Waals surface area contributed by atoms with E-state index in [2.05, 4.69) is 5.32 Å². The van der Waals surface area contributed by atoms with Crippen molar-refractivity contribution in [3.8, 4) is 5.75 Å². The van der Waals surface area contributed by atoms with E-state index < -0.39 is 0 Å². The summed E-state index contributed by atoms with van der Waals surface area (Å²) in [5.74, 6) is 0.469. The van der Waals surface area contributed by atoms with Gasteiger partial charge >= 0.3 is 0 Å². The average Bonchev–Trinajstić information content (AvgIpc) is 2.45. The Balaban J connectivity index is 2.62. The molecular weight excluding hydrogens is 280 g/mol. The number of carbonyl (C=O) groups excluding carboxylic acids is 2. The molecule has 1 unspecified atom stereocenters. The Bertz CT molecular complexity index is 497. The van der Waals surface area contributed by atoms with Crippen molar-refractivity contribution < 1.29 is 14.3 Å². The molecule has 0 spiro atoms. The monoisotopic (exact) mass is 306 g/mol. The van der Waals surface area contributed by atoms with E-state index >= 15 is 0 Å². The van der Waals surface area contributed by atoms with E-state index in [0.717, 1.165) is 12.2 Å². The lowest BCUT2D eigenvalue weighted by atomic mass is 10.2. The van der Waals surface area contributed by atoms with Crippen LogP contribution in [0.25, 0.3) is 0 Å². The molecule has 0 aromatic heterocycles. The van der Waals surface area contributed by atoms with Gasteiger partial charge in [-0.2, -0.15) is 0 Å². The first-order valence-corrected chi connectivity index (χ1v) is 7.67. The van der Waals surface area contributed by atoms with Crippen LogP contribution in [0.3, 0.4) is 0 Å². The van der Waals surface area contributed by atoms with E-state index in [1.165, 1.54) is 6.92 Å². The van der Waals surface area contributed by atoms with Gasteiger partial charge in [0.15, 0.2) is 0 Å². The van der Waals surface area contributed by atoms with E-state index in [1.54, 1.807) is 17.0 Å². The molecule has 122 valence electrons. The maximum Gasteiger partial charge on any atom is 0.244 e. The summed E-state index contributed by atoms with van der Waals surface area (Å²) in [4.78, 5) is 25.3. The largest absolute Gasteiger partial charge is 0.491 e. The third kappa shape index (κ3) is 5.76. The quantitative estimate of drug-likeness (QED) is 0.842. The van der Waals surface area contributed by atoms with Crippen molar-refractivity contribution >= 4 is 17.5 Å². The van der Waals surface area contributed by atoms with Crippen molar-refractivity contribution in [3.63, 3.8) is 0 Å². The summed E-state index contributed by atoms with van der Waals surface area (Å²) in [6.45, 7) is 9.40. The number of nitrogens with one attached hydrogen (secondary N) is 1. The molecule has 0 bridgehead atoms. The molecule has 0 radical (unpaired) electrons. The number of amides is 2. The van der Waals surface area contributed by atoms with Gasteiger partial charge in [-0.3, -0.25) is 9.59 Å². The first-order chi connectivity index (χ1) is 10.3. The lowest BCUT2D eigenvalue weighted by Gasteiger charge is -2.26. The van der Waals surface area contributed by atoms with E-state index in [1.807, 2.05) is 39.8 Å². The Morgan fingerprint density at radius 2 is 1.77 bits per heavy atom. The van der Waals surface area contributed by atoms with Crippen LogP contribution in [-0.4, -0.2) is 35.4 Å². The molecule has 0 aliphatic carbocycles. The van der Waals surface area contributed by atoms with Crippen molar-refractivity contribution in [2.45, 2.75) is 53.2 Å². The molecule has 0 aliphatic heterocycles. The van der Waals surface area contributed by atoms with Crippen molar-refractivity contribution in [2.24, 2.45) is 0 Å². The fourth-order valence-electron chi connectivity index (χ4n) is 2.04. The van der Waals surface area contributed by atoms with Crippen LogP contribution in [0, 0.1) is 0 Å². The van der Waals surface area contributed by atoms with E-state index in [0.29, 0.717) is 5.69 Å². The minimum atomic E-state index is -0.201. The molecule has 0 aliphatic rings. The highest BCUT2D eigenvalue weighted by molar-refractivity contribution is 5.94. The van der Waals surface area contributed by atoms with E-state index in [-0.39, 0.29) is 30.5 Å². The first kappa shape index (κ1) is 18.0. The molecule has 0 saturated heterocycles. The summed E-state index contributed by atoms with van der Waals surface area (Å²) in [5.41, 5.74) is 0.689. The number of ether oxygens (including phenoxy) is 1. The van der Waals surface area contributed by atoms with Crippen LogP contribution in [0.2, 0.25) is 0 Å². The first-order valence-electron chi connectivity index (χ1n) is 7.67. The van der Waals surface area contributed by atoms with Crippen LogP contribution in [0.5, 0.6) is 5.75 Å². The third-order valence-electron chi connectivity index (χ3n) is 3.35. The highest BCUT2D eigenvalue weighted by Gasteiger charge is 2.18. The van der Waals surface area contributed by atoms with Crippen molar-refractivity contribution in [1.29, 1.82) is 0 Å². The maximum atomic E-state index is 12.1. The molecule has 5 nitrogen and oxygen atoms in total. The minimum absolute atomic E-state index is 0.0464. The van der Waals surface area contributed by atoms with Crippen LogP contribution in [0.1, 0.15) is 41.0 Å². The van der Waals surface area contributed by atoms with Gasteiger partial charge in [-0.15, -0.1) is 0 Å². The van der Waals surface area contributed by atoms with Gasteiger partial charge in [0.25, 0.3) is 0 Å². The molecule has 1 aromatic rings. The molecule has 0 saturated carbocycles. The highest BCUT2D eigenvalue weighted by Crippen LogP contribution is 2.17. The van der Waals surface area contributed by atoms with Gasteiger partial charge in [0.05, 0.1) is 6.10 Å². The predicted molar refractivity (Wildman–Crippen MR) is 88.0 cm³/mol. The Labute approximate surface area is 132 Å². The molecule has 0 heterocycles. The summed E-state index contributed by atoms with van der Waals surface area (Å²) < 4.78 is 5.55. The number of carbonyl (C=O) groups is 2. The smallest absolute Gasteiger partial charge is 0.244 e. The number of benzene rings is 1. The van der Waals surface area contributed by atoms with Crippen LogP contribution < -0.4 is 10.1 Å². The third-order valence-corrected chi connectivity index (χ3v) is 3.35. The summed E-state index contributed by atoms with van der Waals surface area (Å²) in [7, 11) is 0. The predicted octanol–water partition coefficient (Wildman–Crippen LogP) is 3.06. The Morgan fingerprint density at radius 3 is 2.23 bits per heavy atom. The zero-order valence-electron chi connectivity index (χ0n) is 14.1. The van der Waals surface area contributed by atoms with Gasteiger partial charge in [-0.25, -0.2) is 0 Å². The van der Waals surface area contributed by atoms with Crippen LogP contribution in [0.4, 0.5) is 5.69 Å². The van der Waals surface area contributed by atoms with Gasteiger partial charge in [0.1, 0.15) is 12.3 Å². The Hall–Kier alpha value is -2.04. The molecule has 5 heteroatoms. The highest BCUT2D eigenvalue weighted by atomic mass is 16.5. The zero-order valence-corrected chi connectivity index (χ0v) is 14.1. The van der Waals surface area contributed by atoms with Gasteiger partial charge in [-0.1, -0.05) is 6.92 Å². The molecule has 1 aromatic carbocycles. The second-order valence-electron chi connectivity index (χ2n) is 5.64. The summed E-state index contributed by atoms with van der Waals surface area (Å²) in [6, 6.07) is 7.25. The minimum Gasteiger partial charge on any atom is -0.491 e. The van der Waals surface area contributed by atoms with Gasteiger partial charge in [0.2, 0.25) is 11.8 Å². The molecule has 22 heavy (non-hydrogen) atoms. The SMILES string of the molecule is CCC(C)N(CC(=O)Nc1ccc(OC(C)C)cc1)C(C)=O. The van der Waals surface area contributed by atoms with Crippen molar-refractivity contribution in [1.82, 2.24) is 4.90 Å². The summed E-state index contributed by atoms with van der Waals surface area (Å²) in [6.07, 6.45) is 0.925. The number of hydrogen-bond acceptors (Lipinski definition) is 3. The molecule has 1 N–H and O–H groups in total. The van der Waals surface area contributed by atoms with Crippen LogP contribution in [-0.2, 0) is 9.59 Å². The van der Waals surface area contributed by atoms with Gasteiger partial charge < -0.3 is 15.0 Å². The van der Waals surface area contributed by atoms with Crippen LogP contribution >= 0.6 is 0 Å². The lowest BCUT2D eigenvalue weighted by Crippen LogP contribution is -2.42. The lowest BCUT2D eigenvalue weighted by molar-refractivity contribution is -0.134. The van der Waals surface area contributed by atoms with Crippen molar-refractivity contribution in [3.05, 3.63) is 24.3 Å². The van der Waals surface area contributed by atoms with E-state index in [9.17, 15) is 9.59 Å². The zero-order chi connectivity index (χ0) is 16.7. The topological polar surface area (TPSA) is 58.6 Å².